The minimum absolute atomic E-state index is 0.00398. The quantitative estimate of drug-likeness (QED) is 0.726. The third-order valence-corrected chi connectivity index (χ3v) is 3.38. The lowest BCUT2D eigenvalue weighted by Crippen LogP contribution is -2.46. The molecular formula is C12H23NO2. The van der Waals surface area contributed by atoms with E-state index in [1.807, 2.05) is 6.92 Å². The molecule has 0 bridgehead atoms. The van der Waals surface area contributed by atoms with Crippen LogP contribution >= 0.6 is 0 Å². The Morgan fingerprint density at radius 3 is 2.60 bits per heavy atom. The number of ether oxygens (including phenoxy) is 1. The van der Waals surface area contributed by atoms with Crippen molar-refractivity contribution < 1.29 is 9.53 Å². The van der Waals surface area contributed by atoms with Gasteiger partial charge in [-0.15, -0.1) is 0 Å². The number of nitrogens with one attached hydrogen (secondary N) is 1. The van der Waals surface area contributed by atoms with E-state index in [2.05, 4.69) is 19.2 Å². The first-order valence-electron chi connectivity index (χ1n) is 6.12. The van der Waals surface area contributed by atoms with Crippen molar-refractivity contribution in [2.24, 2.45) is 11.8 Å². The van der Waals surface area contributed by atoms with Crippen LogP contribution in [0.4, 0.5) is 0 Å². The minimum Gasteiger partial charge on any atom is -0.466 e. The number of carbonyl (C=O) groups excluding carboxylic acids is 1. The normalized spacial score (nSPS) is 31.3. The maximum Gasteiger partial charge on any atom is 0.309 e. The first-order chi connectivity index (χ1) is 7.22. The summed E-state index contributed by atoms with van der Waals surface area (Å²) in [5, 5.41) is 3.49. The minimum atomic E-state index is 0.00398. The van der Waals surface area contributed by atoms with Gasteiger partial charge in [0.15, 0.2) is 0 Å². The first kappa shape index (κ1) is 12.5. The fourth-order valence-electron chi connectivity index (χ4n) is 2.32. The predicted octanol–water partition coefficient (Wildman–Crippen LogP) is 1.96. The van der Waals surface area contributed by atoms with Gasteiger partial charge in [-0.1, -0.05) is 20.3 Å². The molecule has 1 aliphatic heterocycles. The van der Waals surface area contributed by atoms with E-state index in [0.29, 0.717) is 18.6 Å². The standard InChI is InChI=1S/C12H23NO2/c1-4-9-8-13-10(5-2)7-11(9)12(14)15-6-3/h9-11,13H,4-8H2,1-3H3/t9-,10+,11-/m0/s1. The molecule has 1 rings (SSSR count). The molecule has 0 aromatic rings. The average Bonchev–Trinajstić information content (AvgIpc) is 2.28. The lowest BCUT2D eigenvalue weighted by molar-refractivity contribution is -0.151. The first-order valence-corrected chi connectivity index (χ1v) is 6.12. The Morgan fingerprint density at radius 2 is 2.07 bits per heavy atom. The van der Waals surface area contributed by atoms with Crippen molar-refractivity contribution in [1.82, 2.24) is 5.32 Å². The highest BCUT2D eigenvalue weighted by Crippen LogP contribution is 2.27. The highest BCUT2D eigenvalue weighted by Gasteiger charge is 2.34. The fourth-order valence-corrected chi connectivity index (χ4v) is 2.32. The number of hydrogen-bond acceptors (Lipinski definition) is 3. The van der Waals surface area contributed by atoms with Crippen LogP contribution in [0.1, 0.15) is 40.0 Å². The Bertz CT molecular complexity index is 206. The molecule has 15 heavy (non-hydrogen) atoms. The molecule has 1 N–H and O–H groups in total. The Morgan fingerprint density at radius 1 is 1.33 bits per heavy atom. The van der Waals surface area contributed by atoms with Crippen LogP contribution in [0.25, 0.3) is 0 Å². The van der Waals surface area contributed by atoms with Crippen molar-refractivity contribution in [3.8, 4) is 0 Å². The average molecular weight is 213 g/mol. The van der Waals surface area contributed by atoms with Crippen molar-refractivity contribution in [2.45, 2.75) is 46.1 Å². The molecule has 0 saturated carbocycles. The van der Waals surface area contributed by atoms with E-state index in [4.69, 9.17) is 4.74 Å². The SMILES string of the molecule is CCOC(=O)[C@H]1C[C@@H](CC)NC[C@@H]1CC. The van der Waals surface area contributed by atoms with Gasteiger partial charge in [-0.2, -0.15) is 0 Å². The third-order valence-electron chi connectivity index (χ3n) is 3.38. The van der Waals surface area contributed by atoms with Crippen LogP contribution in [-0.2, 0) is 9.53 Å². The molecule has 3 atom stereocenters. The van der Waals surface area contributed by atoms with Crippen LogP contribution in [0, 0.1) is 11.8 Å². The second kappa shape index (κ2) is 6.11. The summed E-state index contributed by atoms with van der Waals surface area (Å²) in [6.07, 6.45) is 3.08. The molecule has 0 radical (unpaired) electrons. The van der Waals surface area contributed by atoms with Gasteiger partial charge in [0, 0.05) is 6.04 Å². The largest absolute Gasteiger partial charge is 0.466 e. The number of hydrogen-bond donors (Lipinski definition) is 1. The maximum absolute atomic E-state index is 11.8. The number of carbonyl (C=O) groups is 1. The zero-order valence-electron chi connectivity index (χ0n) is 10.1. The Labute approximate surface area is 92.6 Å². The number of esters is 1. The Kier molecular flexibility index (Phi) is 5.09. The second-order valence-corrected chi connectivity index (χ2v) is 4.28. The summed E-state index contributed by atoms with van der Waals surface area (Å²) in [6, 6.07) is 0.488. The molecular weight excluding hydrogens is 190 g/mol. The maximum atomic E-state index is 11.8. The molecule has 0 aliphatic carbocycles. The molecule has 88 valence electrons. The lowest BCUT2D eigenvalue weighted by Gasteiger charge is -2.34. The Hall–Kier alpha value is -0.570. The topological polar surface area (TPSA) is 38.3 Å². The molecule has 0 aromatic carbocycles. The highest BCUT2D eigenvalue weighted by atomic mass is 16.5. The third kappa shape index (κ3) is 3.20. The molecule has 0 amide bonds. The van der Waals surface area contributed by atoms with Gasteiger partial charge in [0.25, 0.3) is 0 Å². The van der Waals surface area contributed by atoms with Gasteiger partial charge in [0.1, 0.15) is 0 Å². The fraction of sp³-hybridized carbons (Fsp3) is 0.917. The summed E-state index contributed by atoms with van der Waals surface area (Å²) in [5.41, 5.74) is 0. The zero-order chi connectivity index (χ0) is 11.3. The van der Waals surface area contributed by atoms with Crippen molar-refractivity contribution in [3.05, 3.63) is 0 Å². The summed E-state index contributed by atoms with van der Waals surface area (Å²) in [5.74, 6) is 0.567. The van der Waals surface area contributed by atoms with Gasteiger partial charge >= 0.3 is 5.97 Å². The highest BCUT2D eigenvalue weighted by molar-refractivity contribution is 5.73. The van der Waals surface area contributed by atoms with Crippen LogP contribution in [0.5, 0.6) is 0 Å². The second-order valence-electron chi connectivity index (χ2n) is 4.28. The van der Waals surface area contributed by atoms with Crippen molar-refractivity contribution in [2.75, 3.05) is 13.2 Å². The van der Waals surface area contributed by atoms with E-state index in [-0.39, 0.29) is 11.9 Å². The number of rotatable bonds is 4. The molecule has 1 fully saturated rings. The van der Waals surface area contributed by atoms with Crippen molar-refractivity contribution in [1.29, 1.82) is 0 Å². The van der Waals surface area contributed by atoms with Crippen LogP contribution in [0.2, 0.25) is 0 Å². The summed E-state index contributed by atoms with van der Waals surface area (Å²) >= 11 is 0. The molecule has 0 unspecified atom stereocenters. The summed E-state index contributed by atoms with van der Waals surface area (Å²) in [4.78, 5) is 11.8. The molecule has 1 heterocycles. The summed E-state index contributed by atoms with van der Waals surface area (Å²) < 4.78 is 5.14. The van der Waals surface area contributed by atoms with Gasteiger partial charge in [0.2, 0.25) is 0 Å². The molecule has 3 nitrogen and oxygen atoms in total. The summed E-state index contributed by atoms with van der Waals surface area (Å²) in [6.45, 7) is 7.63. The zero-order valence-corrected chi connectivity index (χ0v) is 10.1. The van der Waals surface area contributed by atoms with Crippen molar-refractivity contribution >= 4 is 5.97 Å². The van der Waals surface area contributed by atoms with Crippen LogP contribution in [-0.4, -0.2) is 25.2 Å². The van der Waals surface area contributed by atoms with E-state index >= 15 is 0 Å². The molecule has 1 saturated heterocycles. The van der Waals surface area contributed by atoms with Gasteiger partial charge in [-0.05, 0) is 32.2 Å². The monoisotopic (exact) mass is 213 g/mol. The predicted molar refractivity (Wildman–Crippen MR) is 60.6 cm³/mol. The smallest absolute Gasteiger partial charge is 0.309 e. The van der Waals surface area contributed by atoms with Gasteiger partial charge < -0.3 is 10.1 Å². The van der Waals surface area contributed by atoms with Crippen molar-refractivity contribution in [3.63, 3.8) is 0 Å². The number of piperidine rings is 1. The lowest BCUT2D eigenvalue weighted by atomic mass is 9.81. The van der Waals surface area contributed by atoms with Crippen LogP contribution in [0.15, 0.2) is 0 Å². The van der Waals surface area contributed by atoms with E-state index in [9.17, 15) is 4.79 Å². The molecule has 1 aliphatic rings. The van der Waals surface area contributed by atoms with E-state index < -0.39 is 0 Å². The Balaban J connectivity index is 2.58. The van der Waals surface area contributed by atoms with E-state index in [0.717, 1.165) is 25.8 Å². The van der Waals surface area contributed by atoms with Crippen LogP contribution in [0.3, 0.4) is 0 Å². The molecule has 0 spiro atoms. The molecule has 0 aromatic heterocycles. The van der Waals surface area contributed by atoms with E-state index in [1.165, 1.54) is 0 Å². The van der Waals surface area contributed by atoms with Gasteiger partial charge in [-0.25, -0.2) is 0 Å². The van der Waals surface area contributed by atoms with Gasteiger partial charge in [-0.3, -0.25) is 4.79 Å². The van der Waals surface area contributed by atoms with Crippen LogP contribution < -0.4 is 5.32 Å². The van der Waals surface area contributed by atoms with Gasteiger partial charge in [0.05, 0.1) is 12.5 Å². The van der Waals surface area contributed by atoms with E-state index in [1.54, 1.807) is 0 Å². The molecule has 3 heteroatoms. The summed E-state index contributed by atoms with van der Waals surface area (Å²) in [7, 11) is 0.